The van der Waals surface area contributed by atoms with Crippen LogP contribution in [0.4, 0.5) is 5.82 Å². The number of anilines is 1. The van der Waals surface area contributed by atoms with Gasteiger partial charge in [-0.15, -0.1) is 5.10 Å². The van der Waals surface area contributed by atoms with Gasteiger partial charge < -0.3 is 20.1 Å². The van der Waals surface area contributed by atoms with E-state index in [1.807, 2.05) is 24.3 Å². The van der Waals surface area contributed by atoms with E-state index < -0.39 is 5.79 Å². The summed E-state index contributed by atoms with van der Waals surface area (Å²) in [6.07, 6.45) is 6.57. The van der Waals surface area contributed by atoms with E-state index in [-0.39, 0.29) is 5.84 Å². The Bertz CT molecular complexity index is 870. The maximum atomic E-state index is 6.04. The van der Waals surface area contributed by atoms with E-state index in [2.05, 4.69) is 41.0 Å². The number of benzene rings is 1. The van der Waals surface area contributed by atoms with Crippen LogP contribution in [0.3, 0.4) is 0 Å². The summed E-state index contributed by atoms with van der Waals surface area (Å²) in [4.78, 5) is 11.0. The maximum absolute atomic E-state index is 6.04. The van der Waals surface area contributed by atoms with E-state index in [0.717, 1.165) is 41.8 Å². The van der Waals surface area contributed by atoms with Gasteiger partial charge in [-0.2, -0.15) is 5.10 Å². The third-order valence-electron chi connectivity index (χ3n) is 4.79. The van der Waals surface area contributed by atoms with Crippen molar-refractivity contribution in [2.24, 2.45) is 15.9 Å². The molecule has 0 saturated carbocycles. The van der Waals surface area contributed by atoms with Gasteiger partial charge in [0.15, 0.2) is 11.6 Å². The minimum Gasteiger partial charge on any atom is -0.380 e. The third kappa shape index (κ3) is 4.37. The van der Waals surface area contributed by atoms with E-state index in [0.29, 0.717) is 18.9 Å². The monoisotopic (exact) mass is 444 g/mol. The first-order valence-corrected chi connectivity index (χ1v) is 9.90. The Morgan fingerprint density at radius 1 is 1.14 bits per heavy atom. The zero-order chi connectivity index (χ0) is 19.4. The Hall–Kier alpha value is -2.36. The van der Waals surface area contributed by atoms with Crippen LogP contribution in [0.15, 0.2) is 51.3 Å². The Morgan fingerprint density at radius 3 is 2.57 bits per heavy atom. The summed E-state index contributed by atoms with van der Waals surface area (Å²) in [7, 11) is 0. The molecular formula is C19H21BrN6O2. The molecule has 1 aromatic carbocycles. The van der Waals surface area contributed by atoms with E-state index in [9.17, 15) is 0 Å². The molecule has 2 fully saturated rings. The van der Waals surface area contributed by atoms with Crippen molar-refractivity contribution < 1.29 is 9.47 Å². The minimum atomic E-state index is -0.413. The molecule has 0 atom stereocenters. The van der Waals surface area contributed by atoms with Crippen LogP contribution in [0.25, 0.3) is 0 Å². The van der Waals surface area contributed by atoms with Gasteiger partial charge >= 0.3 is 0 Å². The number of hydrogen-bond donors (Lipinski definition) is 1. The first-order valence-electron chi connectivity index (χ1n) is 9.11. The summed E-state index contributed by atoms with van der Waals surface area (Å²) in [5, 5.41) is 8.09. The molecule has 2 aromatic rings. The molecule has 2 aliphatic heterocycles. The number of nitrogens with two attached hydrogens (primary N) is 1. The largest absolute Gasteiger partial charge is 0.380 e. The second-order valence-electron chi connectivity index (χ2n) is 6.64. The molecule has 0 unspecified atom stereocenters. The fraction of sp³-hybridized carbons (Fsp3) is 0.368. The average molecular weight is 445 g/mol. The summed E-state index contributed by atoms with van der Waals surface area (Å²) >= 11 is 3.40. The lowest BCUT2D eigenvalue weighted by Gasteiger charge is -2.38. The molecule has 0 amide bonds. The molecule has 1 aromatic heterocycles. The number of ether oxygens (including phenoxy) is 2. The predicted molar refractivity (Wildman–Crippen MR) is 111 cm³/mol. The van der Waals surface area contributed by atoms with Crippen LogP contribution in [0, 0.1) is 0 Å². The number of amidine groups is 1. The summed E-state index contributed by atoms with van der Waals surface area (Å²) in [5.74, 6) is 0.572. The minimum absolute atomic E-state index is 0.221. The van der Waals surface area contributed by atoms with Crippen molar-refractivity contribution in [2.75, 3.05) is 31.2 Å². The average Bonchev–Trinajstić information content (AvgIpc) is 3.18. The molecule has 9 heteroatoms. The van der Waals surface area contributed by atoms with Gasteiger partial charge in [-0.1, -0.05) is 28.1 Å². The molecule has 8 nitrogen and oxygen atoms in total. The Balaban J connectivity index is 1.42. The molecule has 2 N–H and O–H groups in total. The van der Waals surface area contributed by atoms with Crippen molar-refractivity contribution in [3.8, 4) is 0 Å². The second kappa shape index (κ2) is 8.34. The van der Waals surface area contributed by atoms with E-state index in [1.54, 1.807) is 18.6 Å². The van der Waals surface area contributed by atoms with Gasteiger partial charge in [-0.3, -0.25) is 4.98 Å². The first-order chi connectivity index (χ1) is 13.6. The van der Waals surface area contributed by atoms with Crippen molar-refractivity contribution in [3.05, 3.63) is 52.4 Å². The maximum Gasteiger partial charge on any atom is 0.173 e. The van der Waals surface area contributed by atoms with Crippen molar-refractivity contribution in [1.82, 2.24) is 9.97 Å². The van der Waals surface area contributed by atoms with Gasteiger partial charge in [-0.05, 0) is 17.7 Å². The normalized spacial score (nSPS) is 19.6. The van der Waals surface area contributed by atoms with Crippen LogP contribution in [-0.2, 0) is 9.47 Å². The van der Waals surface area contributed by atoms with Crippen molar-refractivity contribution in [1.29, 1.82) is 0 Å². The molecule has 3 heterocycles. The summed E-state index contributed by atoms with van der Waals surface area (Å²) in [6, 6.07) is 7.74. The van der Waals surface area contributed by atoms with Crippen LogP contribution in [0.2, 0.25) is 0 Å². The molecule has 28 heavy (non-hydrogen) atoms. The molecule has 0 bridgehead atoms. The summed E-state index contributed by atoms with van der Waals surface area (Å²) < 4.78 is 12.6. The number of rotatable bonds is 4. The zero-order valence-corrected chi connectivity index (χ0v) is 16.9. The molecule has 4 rings (SSSR count). The van der Waals surface area contributed by atoms with E-state index in [1.165, 1.54) is 0 Å². The lowest BCUT2D eigenvalue weighted by atomic mass is 10.0. The number of nitrogens with zero attached hydrogens (tertiary/aromatic N) is 5. The predicted octanol–water partition coefficient (Wildman–Crippen LogP) is 2.32. The van der Waals surface area contributed by atoms with Crippen LogP contribution >= 0.6 is 15.9 Å². The number of piperidine rings is 1. The van der Waals surface area contributed by atoms with Crippen LogP contribution in [0.1, 0.15) is 24.1 Å². The fourth-order valence-corrected chi connectivity index (χ4v) is 3.52. The molecular weight excluding hydrogens is 424 g/mol. The standard InChI is InChI=1S/C19H21BrN6O2/c20-15-3-1-14(2-4-15)11-23-25-18(21)16-12-22-13-17(24-16)26-7-5-19(6-8-26)27-9-10-28-19/h1-4,11-13H,5-10H2,(H2,21,25)/b23-11-. The van der Waals surface area contributed by atoms with Gasteiger partial charge in [-0.25, -0.2) is 4.98 Å². The highest BCUT2D eigenvalue weighted by atomic mass is 79.9. The highest BCUT2D eigenvalue weighted by Crippen LogP contribution is 2.32. The van der Waals surface area contributed by atoms with Crippen LogP contribution < -0.4 is 10.6 Å². The molecule has 2 aliphatic rings. The van der Waals surface area contributed by atoms with E-state index in [4.69, 9.17) is 15.2 Å². The smallest absolute Gasteiger partial charge is 0.173 e. The van der Waals surface area contributed by atoms with Gasteiger partial charge in [0, 0.05) is 30.4 Å². The van der Waals surface area contributed by atoms with Crippen molar-refractivity contribution >= 4 is 33.8 Å². The van der Waals surface area contributed by atoms with Gasteiger partial charge in [0.2, 0.25) is 0 Å². The number of halogens is 1. The molecule has 2 saturated heterocycles. The van der Waals surface area contributed by atoms with Gasteiger partial charge in [0.1, 0.15) is 11.5 Å². The zero-order valence-electron chi connectivity index (χ0n) is 15.3. The molecule has 1 spiro atoms. The second-order valence-corrected chi connectivity index (χ2v) is 7.55. The third-order valence-corrected chi connectivity index (χ3v) is 5.32. The SMILES string of the molecule is N/C(=N/N=C\c1ccc(Br)cc1)c1cncc(N2CCC3(CC2)OCCO3)n1. The Labute approximate surface area is 171 Å². The number of aromatic nitrogens is 2. The molecule has 0 radical (unpaired) electrons. The highest BCUT2D eigenvalue weighted by molar-refractivity contribution is 9.10. The van der Waals surface area contributed by atoms with Gasteiger partial charge in [0.05, 0.1) is 31.8 Å². The lowest BCUT2D eigenvalue weighted by molar-refractivity contribution is -0.169. The van der Waals surface area contributed by atoms with Crippen LogP contribution in [-0.4, -0.2) is 54.1 Å². The topological polar surface area (TPSA) is 98.2 Å². The summed E-state index contributed by atoms with van der Waals surface area (Å²) in [6.45, 7) is 2.92. The van der Waals surface area contributed by atoms with Crippen molar-refractivity contribution in [3.63, 3.8) is 0 Å². The lowest BCUT2D eigenvalue weighted by Crippen LogP contribution is -2.45. The van der Waals surface area contributed by atoms with Crippen molar-refractivity contribution in [2.45, 2.75) is 18.6 Å². The Morgan fingerprint density at radius 2 is 1.86 bits per heavy atom. The molecule has 0 aliphatic carbocycles. The highest BCUT2D eigenvalue weighted by Gasteiger charge is 2.40. The molecule has 146 valence electrons. The summed E-state index contributed by atoms with van der Waals surface area (Å²) in [5.41, 5.74) is 7.47. The van der Waals surface area contributed by atoms with Crippen LogP contribution in [0.5, 0.6) is 0 Å². The Kier molecular flexibility index (Phi) is 5.65. The van der Waals surface area contributed by atoms with E-state index >= 15 is 0 Å². The quantitative estimate of drug-likeness (QED) is 0.441. The first kappa shape index (κ1) is 19.0. The number of hydrogen-bond acceptors (Lipinski definition) is 7. The van der Waals surface area contributed by atoms with Gasteiger partial charge in [0.25, 0.3) is 0 Å². The fourth-order valence-electron chi connectivity index (χ4n) is 3.25.